The minimum absolute atomic E-state index is 0.0284. The number of β-amino-alcohol motifs (C(OH)–C–C–N with tert-alkyl or cyclic N) is 1. The van der Waals surface area contributed by atoms with Crippen LogP contribution in [0, 0.1) is 12.3 Å². The van der Waals surface area contributed by atoms with E-state index in [9.17, 15) is 20.1 Å². The topological polar surface area (TPSA) is 84.2 Å². The molecule has 7 rings (SSSR count). The van der Waals surface area contributed by atoms with E-state index in [0.29, 0.717) is 31.6 Å². The van der Waals surface area contributed by atoms with Gasteiger partial charge in [0.25, 0.3) is 0 Å². The quantitative estimate of drug-likeness (QED) is 0.212. The van der Waals surface area contributed by atoms with Gasteiger partial charge in [-0.25, -0.2) is 0 Å². The van der Waals surface area contributed by atoms with Crippen molar-refractivity contribution < 1.29 is 20.1 Å². The SMILES string of the molecule is CC1=CCC[C@@]2(C)[C@@H](CC[C@@]2(O)CN2CCN(c3ccccc3O)CC2)c2ccc(cc2C(=O)c2ccc(C)s2)C[C@@H](O)CC1. The van der Waals surface area contributed by atoms with Crippen molar-refractivity contribution in [2.75, 3.05) is 37.6 Å². The van der Waals surface area contributed by atoms with Gasteiger partial charge < -0.3 is 20.2 Å². The van der Waals surface area contributed by atoms with Gasteiger partial charge in [0, 0.05) is 48.6 Å². The van der Waals surface area contributed by atoms with Crippen molar-refractivity contribution in [1.82, 2.24) is 4.90 Å². The lowest BCUT2D eigenvalue weighted by atomic mass is 9.64. The van der Waals surface area contributed by atoms with Crippen molar-refractivity contribution in [1.29, 1.82) is 0 Å². The Kier molecular flexibility index (Phi) is 9.26. The van der Waals surface area contributed by atoms with Crippen LogP contribution < -0.4 is 4.90 Å². The second kappa shape index (κ2) is 13.0. The smallest absolute Gasteiger partial charge is 0.203 e. The largest absolute Gasteiger partial charge is 0.506 e. The summed E-state index contributed by atoms with van der Waals surface area (Å²) in [6, 6.07) is 17.7. The van der Waals surface area contributed by atoms with Crippen molar-refractivity contribution in [3.8, 4) is 5.75 Å². The van der Waals surface area contributed by atoms with Gasteiger partial charge in [-0.05, 0) is 106 Å². The zero-order chi connectivity index (χ0) is 31.8. The standard InChI is InChI=1S/C38H48N2O4S/c1-26-7-6-17-37(3)32(16-18-38(37,44)25-39-19-21-40(22-20-39)33-8-4-5-9-34(33)42)30-14-12-28(23-29(41)13-10-26)24-31(30)36(43)35-15-11-27(2)45-35/h4-5,7-9,11-12,14-15,24,29,32,41-42,44H,6,10,13,16-23,25H2,1-3H3/t29-,32-,37-,38+/m0/s1. The summed E-state index contributed by atoms with van der Waals surface area (Å²) < 4.78 is 0. The summed E-state index contributed by atoms with van der Waals surface area (Å²) >= 11 is 1.53. The minimum Gasteiger partial charge on any atom is -0.506 e. The average molecular weight is 629 g/mol. The molecule has 2 bridgehead atoms. The molecule has 1 saturated heterocycles. The first-order valence-corrected chi connectivity index (χ1v) is 17.4. The number of ketones is 1. The van der Waals surface area contributed by atoms with Crippen molar-refractivity contribution in [3.05, 3.63) is 92.7 Å². The first-order valence-electron chi connectivity index (χ1n) is 16.6. The number of rotatable bonds is 5. The number of aliphatic hydroxyl groups excluding tert-OH is 1. The molecule has 240 valence electrons. The Balaban J connectivity index is 1.32. The van der Waals surface area contributed by atoms with Crippen LogP contribution in [-0.2, 0) is 6.42 Å². The number of carbonyl (C=O) groups excluding carboxylic acids is 1. The molecule has 3 aromatic rings. The molecule has 0 radical (unpaired) electrons. The predicted octanol–water partition coefficient (Wildman–Crippen LogP) is 6.85. The van der Waals surface area contributed by atoms with E-state index in [0.717, 1.165) is 84.0 Å². The van der Waals surface area contributed by atoms with Crippen molar-refractivity contribution in [2.24, 2.45) is 5.41 Å². The van der Waals surface area contributed by atoms with Crippen LogP contribution in [0.1, 0.15) is 89.5 Å². The summed E-state index contributed by atoms with van der Waals surface area (Å²) in [7, 11) is 0. The molecule has 6 nitrogen and oxygen atoms in total. The average Bonchev–Trinajstić information content (AvgIpc) is 3.56. The van der Waals surface area contributed by atoms with Gasteiger partial charge in [-0.3, -0.25) is 9.69 Å². The van der Waals surface area contributed by atoms with Crippen LogP contribution in [0.25, 0.3) is 0 Å². The maximum absolute atomic E-state index is 14.1. The molecule has 4 atom stereocenters. The summed E-state index contributed by atoms with van der Waals surface area (Å²) in [5.74, 6) is 0.378. The van der Waals surface area contributed by atoms with E-state index in [1.165, 1.54) is 16.9 Å². The summed E-state index contributed by atoms with van der Waals surface area (Å²) in [6.07, 6.45) is 7.06. The molecule has 45 heavy (non-hydrogen) atoms. The Hall–Kier alpha value is -2.97. The van der Waals surface area contributed by atoms with E-state index in [4.69, 9.17) is 0 Å². The van der Waals surface area contributed by atoms with Crippen LogP contribution in [0.3, 0.4) is 0 Å². The van der Waals surface area contributed by atoms with Crippen LogP contribution >= 0.6 is 11.3 Å². The monoisotopic (exact) mass is 628 g/mol. The molecule has 7 heteroatoms. The summed E-state index contributed by atoms with van der Waals surface area (Å²) in [5, 5.41) is 34.0. The lowest BCUT2D eigenvalue weighted by Gasteiger charge is -2.47. The highest BCUT2D eigenvalue weighted by Gasteiger charge is 2.57. The van der Waals surface area contributed by atoms with Crippen LogP contribution in [0.4, 0.5) is 5.69 Å². The van der Waals surface area contributed by atoms with Gasteiger partial charge in [-0.2, -0.15) is 0 Å². The zero-order valence-electron chi connectivity index (χ0n) is 27.0. The highest BCUT2D eigenvalue weighted by molar-refractivity contribution is 7.14. The van der Waals surface area contributed by atoms with Gasteiger partial charge in [0.1, 0.15) is 5.75 Å². The maximum Gasteiger partial charge on any atom is 0.203 e. The van der Waals surface area contributed by atoms with Crippen LogP contribution in [0.15, 0.2) is 66.2 Å². The highest BCUT2D eigenvalue weighted by Crippen LogP contribution is 2.59. The first kappa shape index (κ1) is 32.0. The fourth-order valence-corrected chi connectivity index (χ4v) is 8.96. The number of fused-ring (bicyclic) bond motifs is 8. The summed E-state index contributed by atoms with van der Waals surface area (Å²) in [6.45, 7) is 10.2. The second-order valence-corrected chi connectivity index (χ2v) is 15.2. The fraction of sp³-hybridized carbons (Fsp3) is 0.500. The number of benzene rings is 2. The molecule has 2 aromatic carbocycles. The van der Waals surface area contributed by atoms with Crippen molar-refractivity contribution in [3.63, 3.8) is 0 Å². The lowest BCUT2D eigenvalue weighted by Crippen LogP contribution is -2.56. The summed E-state index contributed by atoms with van der Waals surface area (Å²) in [4.78, 5) is 20.6. The third kappa shape index (κ3) is 6.50. The number of aromatic hydroxyl groups is 1. The second-order valence-electron chi connectivity index (χ2n) is 13.9. The molecule has 1 aliphatic heterocycles. The van der Waals surface area contributed by atoms with Crippen LogP contribution in [0.5, 0.6) is 5.75 Å². The molecule has 3 aliphatic carbocycles. The Morgan fingerprint density at radius 3 is 2.51 bits per heavy atom. The van der Waals surface area contributed by atoms with Gasteiger partial charge in [0.2, 0.25) is 5.78 Å². The zero-order valence-corrected chi connectivity index (χ0v) is 27.8. The molecule has 1 aromatic heterocycles. The van der Waals surface area contributed by atoms with Crippen molar-refractivity contribution >= 4 is 22.8 Å². The number of para-hydroxylation sites is 2. The van der Waals surface area contributed by atoms with E-state index in [2.05, 4.69) is 41.9 Å². The van der Waals surface area contributed by atoms with Crippen molar-refractivity contribution in [2.45, 2.75) is 83.3 Å². The number of nitrogens with zero attached hydrogens (tertiary/aromatic N) is 2. The fourth-order valence-electron chi connectivity index (χ4n) is 8.13. The summed E-state index contributed by atoms with van der Waals surface area (Å²) in [5.41, 5.74) is 3.54. The number of piperazine rings is 1. The number of hydrogen-bond acceptors (Lipinski definition) is 7. The number of carbonyl (C=O) groups is 1. The van der Waals surface area contributed by atoms with Gasteiger partial charge in [-0.15, -0.1) is 11.3 Å². The van der Waals surface area contributed by atoms with Gasteiger partial charge in [0.05, 0.1) is 22.3 Å². The Labute approximate surface area is 272 Å². The van der Waals surface area contributed by atoms with E-state index < -0.39 is 17.1 Å². The number of aryl methyl sites for hydroxylation is 1. The van der Waals surface area contributed by atoms with E-state index in [1.807, 2.05) is 43.3 Å². The molecule has 0 spiro atoms. The molecular formula is C38H48N2O4S. The van der Waals surface area contributed by atoms with Gasteiger partial charge in [-0.1, -0.05) is 42.8 Å². The number of thiophene rings is 1. The Morgan fingerprint density at radius 1 is 1.00 bits per heavy atom. The van der Waals surface area contributed by atoms with Gasteiger partial charge in [0.15, 0.2) is 0 Å². The molecule has 4 aliphatic rings. The van der Waals surface area contributed by atoms with E-state index in [1.54, 1.807) is 6.07 Å². The van der Waals surface area contributed by atoms with E-state index in [-0.39, 0.29) is 11.7 Å². The number of anilines is 1. The molecule has 3 N–H and O–H groups in total. The van der Waals surface area contributed by atoms with Crippen LogP contribution in [-0.4, -0.2) is 70.4 Å². The predicted molar refractivity (Wildman–Crippen MR) is 183 cm³/mol. The number of phenols is 1. The minimum atomic E-state index is -0.914. The maximum atomic E-state index is 14.1. The highest BCUT2D eigenvalue weighted by atomic mass is 32.1. The van der Waals surface area contributed by atoms with Crippen LogP contribution in [0.2, 0.25) is 0 Å². The Morgan fingerprint density at radius 2 is 1.78 bits per heavy atom. The first-order chi connectivity index (χ1) is 21.6. The number of aliphatic hydroxyl groups is 2. The molecular weight excluding hydrogens is 580 g/mol. The molecule has 2 fully saturated rings. The third-order valence-electron chi connectivity index (χ3n) is 11.0. The normalized spacial score (nSPS) is 28.0. The number of allylic oxidation sites excluding steroid dienone is 2. The van der Waals surface area contributed by atoms with Gasteiger partial charge >= 0.3 is 0 Å². The number of phenolic OH excluding ortho intramolecular Hbond substituents is 1. The lowest BCUT2D eigenvalue weighted by molar-refractivity contribution is -0.0841. The van der Waals surface area contributed by atoms with E-state index >= 15 is 0 Å². The third-order valence-corrected chi connectivity index (χ3v) is 12.0. The molecule has 1 saturated carbocycles. The molecule has 2 heterocycles. The molecule has 0 amide bonds. The number of hydrogen-bond donors (Lipinski definition) is 3. The molecule has 0 unspecified atom stereocenters. The Bertz CT molecular complexity index is 1560.